The van der Waals surface area contributed by atoms with Crippen LogP contribution in [0.1, 0.15) is 24.6 Å². The van der Waals surface area contributed by atoms with Crippen molar-refractivity contribution < 1.29 is 9.59 Å². The smallest absolute Gasteiger partial charge is 0.246 e. The molecule has 0 radical (unpaired) electrons. The summed E-state index contributed by atoms with van der Waals surface area (Å²) in [4.78, 5) is 31.9. The third-order valence-electron chi connectivity index (χ3n) is 3.24. The zero-order valence-corrected chi connectivity index (χ0v) is 13.2. The quantitative estimate of drug-likeness (QED) is 0.823. The molecule has 2 rings (SSSR count). The van der Waals surface area contributed by atoms with E-state index in [1.54, 1.807) is 13.2 Å². The predicted molar refractivity (Wildman–Crippen MR) is 80.7 cm³/mol. The van der Waals surface area contributed by atoms with E-state index in [0.717, 1.165) is 17.8 Å². The Hall–Kier alpha value is -1.18. The van der Waals surface area contributed by atoms with Crippen molar-refractivity contribution in [3.05, 3.63) is 11.1 Å². The van der Waals surface area contributed by atoms with Gasteiger partial charge in [0.15, 0.2) is 5.13 Å². The van der Waals surface area contributed by atoms with E-state index in [0.29, 0.717) is 11.7 Å². The van der Waals surface area contributed by atoms with Crippen molar-refractivity contribution in [2.75, 3.05) is 19.3 Å². The monoisotopic (exact) mass is 318 g/mol. The number of nitrogens with zero attached hydrogens (tertiary/aromatic N) is 3. The summed E-state index contributed by atoms with van der Waals surface area (Å²) in [6, 6.07) is -0.347. The minimum absolute atomic E-state index is 0. The highest BCUT2D eigenvalue weighted by molar-refractivity contribution is 7.15. The number of carbonyl (C=O) groups excluding carboxylic acids is 2. The second kappa shape index (κ2) is 7.01. The molecule has 1 aliphatic rings. The summed E-state index contributed by atoms with van der Waals surface area (Å²) >= 11 is 1.42. The molecule has 0 aliphatic carbocycles. The molecule has 1 aromatic rings. The average molecular weight is 319 g/mol. The number of aromatic nitrogens is 1. The molecule has 1 unspecified atom stereocenters. The maximum Gasteiger partial charge on any atom is 0.246 e. The number of hydrogen-bond acceptors (Lipinski definition) is 6. The van der Waals surface area contributed by atoms with Crippen molar-refractivity contribution in [1.29, 1.82) is 0 Å². The fourth-order valence-electron chi connectivity index (χ4n) is 2.25. The summed E-state index contributed by atoms with van der Waals surface area (Å²) in [6.07, 6.45) is 2.92. The van der Waals surface area contributed by atoms with Gasteiger partial charge >= 0.3 is 0 Å². The first-order chi connectivity index (χ1) is 9.02. The van der Waals surface area contributed by atoms with E-state index in [4.69, 9.17) is 5.73 Å². The summed E-state index contributed by atoms with van der Waals surface area (Å²) in [7, 11) is 1.54. The highest BCUT2D eigenvalue weighted by Crippen LogP contribution is 2.22. The molecule has 1 fully saturated rings. The first-order valence-corrected chi connectivity index (χ1v) is 7.09. The number of amides is 2. The molecule has 1 saturated heterocycles. The molecule has 0 aromatic carbocycles. The van der Waals surface area contributed by atoms with Crippen LogP contribution in [-0.4, -0.2) is 46.2 Å². The Kier molecular flexibility index (Phi) is 5.91. The maximum atomic E-state index is 12.1. The number of nitrogen functional groups attached to an aromatic ring is 1. The molecule has 112 valence electrons. The normalized spacial score (nSPS) is 18.8. The first kappa shape index (κ1) is 16.9. The van der Waals surface area contributed by atoms with Crippen LogP contribution in [0.4, 0.5) is 5.13 Å². The van der Waals surface area contributed by atoms with Gasteiger partial charge in [-0.3, -0.25) is 19.4 Å². The fraction of sp³-hybridized carbons (Fsp3) is 0.583. The van der Waals surface area contributed by atoms with Crippen LogP contribution in [0.15, 0.2) is 6.20 Å². The molecular formula is C12H19ClN4O2S. The summed E-state index contributed by atoms with van der Waals surface area (Å²) < 4.78 is 0. The van der Waals surface area contributed by atoms with Crippen molar-refractivity contribution in [2.24, 2.45) is 0 Å². The molecule has 8 heteroatoms. The third-order valence-corrected chi connectivity index (χ3v) is 4.05. The number of nitrogens with two attached hydrogens (primary N) is 1. The summed E-state index contributed by atoms with van der Waals surface area (Å²) in [5.41, 5.74) is 5.61. The number of anilines is 1. The van der Waals surface area contributed by atoms with Crippen LogP contribution in [-0.2, 0) is 16.1 Å². The van der Waals surface area contributed by atoms with Gasteiger partial charge in [0.25, 0.3) is 0 Å². The second-order valence-corrected chi connectivity index (χ2v) is 5.79. The lowest BCUT2D eigenvalue weighted by Gasteiger charge is -2.25. The minimum Gasteiger partial charge on any atom is -0.375 e. The molecule has 1 atom stereocenters. The Labute approximate surface area is 128 Å². The topological polar surface area (TPSA) is 79.5 Å². The lowest BCUT2D eigenvalue weighted by molar-refractivity contribution is -0.138. The highest BCUT2D eigenvalue weighted by Gasteiger charge is 2.39. The molecule has 2 heterocycles. The van der Waals surface area contributed by atoms with E-state index in [9.17, 15) is 9.59 Å². The Morgan fingerprint density at radius 1 is 1.55 bits per heavy atom. The largest absolute Gasteiger partial charge is 0.375 e. The number of halogens is 1. The third kappa shape index (κ3) is 3.47. The molecule has 1 aliphatic heterocycles. The van der Waals surface area contributed by atoms with Gasteiger partial charge in [0.2, 0.25) is 11.8 Å². The van der Waals surface area contributed by atoms with Crippen molar-refractivity contribution >= 4 is 40.7 Å². The Balaban J connectivity index is 0.00000200. The number of rotatable bonds is 5. The van der Waals surface area contributed by atoms with Gasteiger partial charge in [-0.2, -0.15) is 0 Å². The van der Waals surface area contributed by atoms with Crippen molar-refractivity contribution in [3.63, 3.8) is 0 Å². The number of imide groups is 1. The van der Waals surface area contributed by atoms with Gasteiger partial charge in [0, 0.05) is 24.7 Å². The Bertz CT molecular complexity index is 494. The van der Waals surface area contributed by atoms with Gasteiger partial charge in [-0.05, 0) is 13.0 Å². The summed E-state index contributed by atoms with van der Waals surface area (Å²) in [5.74, 6) is -0.226. The van der Waals surface area contributed by atoms with E-state index in [2.05, 4.69) is 11.9 Å². The number of thiazole rings is 1. The average Bonchev–Trinajstić information content (AvgIpc) is 2.88. The van der Waals surface area contributed by atoms with Crippen molar-refractivity contribution in [1.82, 2.24) is 14.8 Å². The van der Waals surface area contributed by atoms with E-state index in [-0.39, 0.29) is 36.7 Å². The minimum atomic E-state index is -0.347. The number of likely N-dealkylation sites (tertiary alicyclic amines) is 1. The molecule has 1 aromatic heterocycles. The maximum absolute atomic E-state index is 12.1. The molecule has 0 saturated carbocycles. The van der Waals surface area contributed by atoms with E-state index in [1.807, 2.05) is 4.90 Å². The molecular weight excluding hydrogens is 300 g/mol. The summed E-state index contributed by atoms with van der Waals surface area (Å²) in [6.45, 7) is 3.44. The molecule has 6 nitrogen and oxygen atoms in total. The van der Waals surface area contributed by atoms with Crippen molar-refractivity contribution in [2.45, 2.75) is 32.4 Å². The van der Waals surface area contributed by atoms with Crippen LogP contribution < -0.4 is 5.73 Å². The Morgan fingerprint density at radius 2 is 2.25 bits per heavy atom. The van der Waals surface area contributed by atoms with Crippen LogP contribution in [0.5, 0.6) is 0 Å². The second-order valence-electron chi connectivity index (χ2n) is 4.65. The van der Waals surface area contributed by atoms with Gasteiger partial charge in [-0.1, -0.05) is 6.92 Å². The zero-order valence-electron chi connectivity index (χ0n) is 11.5. The molecule has 20 heavy (non-hydrogen) atoms. The highest BCUT2D eigenvalue weighted by atomic mass is 35.5. The van der Waals surface area contributed by atoms with E-state index >= 15 is 0 Å². The lowest BCUT2D eigenvalue weighted by atomic mass is 10.2. The van der Waals surface area contributed by atoms with Gasteiger partial charge in [-0.25, -0.2) is 4.98 Å². The van der Waals surface area contributed by atoms with Gasteiger partial charge < -0.3 is 5.73 Å². The van der Waals surface area contributed by atoms with Crippen LogP contribution in [0, 0.1) is 0 Å². The van der Waals surface area contributed by atoms with E-state index in [1.165, 1.54) is 16.2 Å². The SMILES string of the molecule is CCCN(Cc1cnc(N)s1)C1CC(=O)N(C)C1=O.Cl. The number of likely N-dealkylation sites (N-methyl/N-ethyl adjacent to an activating group) is 1. The van der Waals surface area contributed by atoms with Crippen LogP contribution in [0.25, 0.3) is 0 Å². The van der Waals surface area contributed by atoms with Gasteiger partial charge in [-0.15, -0.1) is 23.7 Å². The molecule has 2 N–H and O–H groups in total. The number of carbonyl (C=O) groups is 2. The van der Waals surface area contributed by atoms with Crippen LogP contribution in [0.2, 0.25) is 0 Å². The standard InChI is InChI=1S/C12H18N4O2S.ClH/c1-3-4-16(7-8-6-14-12(13)19-8)9-5-10(17)15(2)11(9)18;/h6,9H,3-5,7H2,1-2H3,(H2,13,14);1H. The first-order valence-electron chi connectivity index (χ1n) is 6.27. The lowest BCUT2D eigenvalue weighted by Crippen LogP contribution is -2.41. The van der Waals surface area contributed by atoms with Crippen molar-refractivity contribution in [3.8, 4) is 0 Å². The zero-order chi connectivity index (χ0) is 14.0. The van der Waals surface area contributed by atoms with Gasteiger partial charge in [0.1, 0.15) is 0 Å². The molecule has 0 spiro atoms. The Morgan fingerprint density at radius 3 is 2.70 bits per heavy atom. The van der Waals surface area contributed by atoms with Crippen LogP contribution >= 0.6 is 23.7 Å². The summed E-state index contributed by atoms with van der Waals surface area (Å²) in [5, 5.41) is 0.525. The van der Waals surface area contributed by atoms with E-state index < -0.39 is 0 Å². The molecule has 0 bridgehead atoms. The van der Waals surface area contributed by atoms with Crippen LogP contribution in [0.3, 0.4) is 0 Å². The fourth-order valence-corrected chi connectivity index (χ4v) is 2.96. The predicted octanol–water partition coefficient (Wildman–Crippen LogP) is 1.12. The van der Waals surface area contributed by atoms with Gasteiger partial charge in [0.05, 0.1) is 12.5 Å². The number of hydrogen-bond donors (Lipinski definition) is 1. The molecule has 2 amide bonds.